The molecule has 1 aromatic carbocycles. The first-order chi connectivity index (χ1) is 12.5. The number of rotatable bonds is 5. The first-order valence-electron chi connectivity index (χ1n) is 7.97. The van der Waals surface area contributed by atoms with Crippen LogP contribution in [0.4, 0.5) is 4.79 Å². The smallest absolute Gasteiger partial charge is 0.325 e. The number of nitrogens with zero attached hydrogens (tertiary/aromatic N) is 4. The van der Waals surface area contributed by atoms with Crippen LogP contribution < -0.4 is 10.7 Å². The van der Waals surface area contributed by atoms with Crippen molar-refractivity contribution < 1.29 is 14.3 Å². The van der Waals surface area contributed by atoms with Crippen LogP contribution in [0.1, 0.15) is 5.56 Å². The summed E-state index contributed by atoms with van der Waals surface area (Å²) in [4.78, 5) is 31.7. The van der Waals surface area contributed by atoms with Gasteiger partial charge in [-0.05, 0) is 17.7 Å². The fraction of sp³-hybridized carbons (Fsp3) is 0.375. The molecule has 10 heteroatoms. The standard InChI is InChI=1S/C16H19ClN6O3/c1-22-13-12(14(24)20-16(22)25)23(7-8-26-2)15(19-13)21-18-9-10-3-5-11(17)6-4-10/h3-6,9,12-13H,7-8H2,1-2H3,(H,19,21)(H,20,24,25)/b18-9+. The predicted molar refractivity (Wildman–Crippen MR) is 97.1 cm³/mol. The molecular weight excluding hydrogens is 360 g/mol. The number of urea groups is 1. The summed E-state index contributed by atoms with van der Waals surface area (Å²) >= 11 is 5.86. The van der Waals surface area contributed by atoms with E-state index in [0.29, 0.717) is 24.1 Å². The van der Waals surface area contributed by atoms with Gasteiger partial charge in [0.05, 0.1) is 12.8 Å². The molecule has 3 rings (SSSR count). The quantitative estimate of drug-likeness (QED) is 0.573. The van der Waals surface area contributed by atoms with E-state index in [0.717, 1.165) is 5.56 Å². The molecule has 1 fully saturated rings. The lowest BCUT2D eigenvalue weighted by molar-refractivity contribution is -0.127. The summed E-state index contributed by atoms with van der Waals surface area (Å²) in [5, 5.41) is 7.14. The highest BCUT2D eigenvalue weighted by atomic mass is 35.5. The van der Waals surface area contributed by atoms with Crippen molar-refractivity contribution in [2.24, 2.45) is 10.1 Å². The number of benzene rings is 1. The van der Waals surface area contributed by atoms with E-state index in [-0.39, 0.29) is 0 Å². The van der Waals surface area contributed by atoms with Crippen LogP contribution in [0.3, 0.4) is 0 Å². The van der Waals surface area contributed by atoms with Crippen molar-refractivity contribution in [3.63, 3.8) is 0 Å². The van der Waals surface area contributed by atoms with Crippen LogP contribution in [0.2, 0.25) is 5.02 Å². The number of amides is 3. The number of nitrogens with one attached hydrogen (secondary N) is 2. The van der Waals surface area contributed by atoms with Crippen LogP contribution >= 0.6 is 11.6 Å². The third-order valence-electron chi connectivity index (χ3n) is 4.15. The van der Waals surface area contributed by atoms with Crippen LogP contribution in [0.15, 0.2) is 34.4 Å². The second kappa shape index (κ2) is 7.71. The van der Waals surface area contributed by atoms with E-state index in [1.165, 1.54) is 4.90 Å². The first-order valence-corrected chi connectivity index (χ1v) is 8.34. The molecule has 26 heavy (non-hydrogen) atoms. The van der Waals surface area contributed by atoms with Crippen LogP contribution in [0, 0.1) is 0 Å². The molecule has 0 radical (unpaired) electrons. The van der Waals surface area contributed by atoms with E-state index < -0.39 is 24.1 Å². The minimum atomic E-state index is -0.624. The number of likely N-dealkylation sites (N-methyl/N-ethyl adjacent to an activating group) is 1. The van der Waals surface area contributed by atoms with Gasteiger partial charge in [-0.1, -0.05) is 23.7 Å². The Kier molecular flexibility index (Phi) is 5.38. The lowest BCUT2D eigenvalue weighted by Crippen LogP contribution is -2.64. The van der Waals surface area contributed by atoms with Crippen molar-refractivity contribution in [2.75, 3.05) is 27.3 Å². The van der Waals surface area contributed by atoms with Crippen LogP contribution in [0.5, 0.6) is 0 Å². The molecule has 0 spiro atoms. The Balaban J connectivity index is 1.77. The fourth-order valence-corrected chi connectivity index (χ4v) is 2.89. The van der Waals surface area contributed by atoms with Crippen molar-refractivity contribution in [1.29, 1.82) is 0 Å². The van der Waals surface area contributed by atoms with Gasteiger partial charge in [0.25, 0.3) is 5.91 Å². The molecule has 3 amide bonds. The molecule has 138 valence electrons. The highest BCUT2D eigenvalue weighted by molar-refractivity contribution is 6.30. The summed E-state index contributed by atoms with van der Waals surface area (Å²) in [6.07, 6.45) is 1.01. The molecule has 2 unspecified atom stereocenters. The molecule has 2 aliphatic rings. The Hall–Kier alpha value is -2.65. The van der Waals surface area contributed by atoms with Crippen molar-refractivity contribution >= 4 is 35.7 Å². The number of methoxy groups -OCH3 is 1. The van der Waals surface area contributed by atoms with E-state index in [4.69, 9.17) is 16.3 Å². The maximum absolute atomic E-state index is 12.3. The molecule has 0 bridgehead atoms. The van der Waals surface area contributed by atoms with Crippen LogP contribution in [0.25, 0.3) is 0 Å². The molecule has 2 aliphatic heterocycles. The number of imide groups is 1. The average molecular weight is 379 g/mol. The maximum atomic E-state index is 12.3. The Labute approximate surface area is 155 Å². The molecule has 0 aromatic heterocycles. The molecule has 1 aromatic rings. The summed E-state index contributed by atoms with van der Waals surface area (Å²) < 4.78 is 5.11. The van der Waals surface area contributed by atoms with E-state index in [2.05, 4.69) is 20.8 Å². The third kappa shape index (κ3) is 3.63. The highest BCUT2D eigenvalue weighted by Crippen LogP contribution is 2.23. The van der Waals surface area contributed by atoms with Crippen molar-refractivity contribution in [2.45, 2.75) is 12.2 Å². The van der Waals surface area contributed by atoms with E-state index >= 15 is 0 Å². The number of hydrogen-bond donors (Lipinski definition) is 2. The number of aliphatic imine (C=N–C) groups is 1. The van der Waals surface area contributed by atoms with Crippen molar-refractivity contribution in [1.82, 2.24) is 20.5 Å². The fourth-order valence-electron chi connectivity index (χ4n) is 2.77. The maximum Gasteiger partial charge on any atom is 0.325 e. The predicted octanol–water partition coefficient (Wildman–Crippen LogP) is 0.458. The minimum absolute atomic E-state index is 0.392. The zero-order valence-corrected chi connectivity index (χ0v) is 15.1. The summed E-state index contributed by atoms with van der Waals surface area (Å²) in [5.41, 5.74) is 3.71. The Morgan fingerprint density at radius 1 is 1.38 bits per heavy atom. The number of ether oxygens (including phenoxy) is 1. The molecule has 1 saturated heterocycles. The number of hydrazone groups is 1. The van der Waals surface area contributed by atoms with Gasteiger partial charge in [0, 0.05) is 25.7 Å². The average Bonchev–Trinajstić information content (AvgIpc) is 2.99. The molecule has 2 atom stereocenters. The Morgan fingerprint density at radius 2 is 2.12 bits per heavy atom. The molecule has 9 nitrogen and oxygen atoms in total. The van der Waals surface area contributed by atoms with E-state index in [1.807, 2.05) is 12.1 Å². The monoisotopic (exact) mass is 378 g/mol. The van der Waals surface area contributed by atoms with E-state index in [1.54, 1.807) is 37.4 Å². The number of carbonyl (C=O) groups excluding carboxylic acids is 2. The van der Waals surface area contributed by atoms with Crippen molar-refractivity contribution in [3.8, 4) is 0 Å². The van der Waals surface area contributed by atoms with Gasteiger partial charge in [-0.2, -0.15) is 5.10 Å². The number of hydrogen-bond acceptors (Lipinski definition) is 7. The summed E-state index contributed by atoms with van der Waals surface area (Å²) in [6.45, 7) is 0.825. The number of halogens is 1. The number of carbonyl (C=O) groups is 2. The molecule has 0 aliphatic carbocycles. The van der Waals surface area contributed by atoms with Gasteiger partial charge < -0.3 is 14.5 Å². The Bertz CT molecular complexity index is 751. The summed E-state index contributed by atoms with van der Waals surface area (Å²) in [7, 11) is 3.17. The zero-order valence-electron chi connectivity index (χ0n) is 14.3. The second-order valence-corrected chi connectivity index (χ2v) is 6.26. The summed E-state index contributed by atoms with van der Waals surface area (Å²) in [5.74, 6) is 0.00963. The molecule has 0 saturated carbocycles. The minimum Gasteiger partial charge on any atom is -0.383 e. The van der Waals surface area contributed by atoms with Gasteiger partial charge in [-0.25, -0.2) is 15.2 Å². The lowest BCUT2D eigenvalue weighted by Gasteiger charge is -2.35. The lowest BCUT2D eigenvalue weighted by atomic mass is 10.1. The van der Waals surface area contributed by atoms with Gasteiger partial charge >= 0.3 is 6.03 Å². The largest absolute Gasteiger partial charge is 0.383 e. The van der Waals surface area contributed by atoms with Crippen LogP contribution in [-0.2, 0) is 9.53 Å². The normalized spacial score (nSPS) is 22.5. The third-order valence-corrected chi connectivity index (χ3v) is 4.40. The number of guanidine groups is 1. The highest BCUT2D eigenvalue weighted by Gasteiger charge is 2.48. The molecule has 2 heterocycles. The zero-order chi connectivity index (χ0) is 18.7. The molecular formula is C16H19ClN6O3. The van der Waals surface area contributed by atoms with E-state index in [9.17, 15) is 9.59 Å². The second-order valence-electron chi connectivity index (χ2n) is 5.82. The van der Waals surface area contributed by atoms with Gasteiger partial charge in [-0.3, -0.25) is 10.1 Å². The van der Waals surface area contributed by atoms with Gasteiger partial charge in [0.15, 0.2) is 12.2 Å². The molecule has 2 N–H and O–H groups in total. The van der Waals surface area contributed by atoms with Gasteiger partial charge in [0.2, 0.25) is 5.96 Å². The van der Waals surface area contributed by atoms with Gasteiger partial charge in [0.1, 0.15) is 0 Å². The number of fused-ring (bicyclic) bond motifs is 1. The Morgan fingerprint density at radius 3 is 2.81 bits per heavy atom. The summed E-state index contributed by atoms with van der Waals surface area (Å²) in [6, 6.07) is 6.08. The first kappa shape index (κ1) is 18.2. The topological polar surface area (TPSA) is 98.6 Å². The SMILES string of the molecule is COCCN1C(N/N=C/c2ccc(Cl)cc2)=NC2C1C(=O)NC(=O)N2C. The van der Waals surface area contributed by atoms with Crippen LogP contribution in [-0.4, -0.2) is 73.4 Å². The van der Waals surface area contributed by atoms with Crippen molar-refractivity contribution in [3.05, 3.63) is 34.9 Å². The van der Waals surface area contributed by atoms with Gasteiger partial charge in [-0.15, -0.1) is 0 Å².